The second kappa shape index (κ2) is 11.3. The number of carbonyl (C=O) groups is 2. The summed E-state index contributed by atoms with van der Waals surface area (Å²) in [6, 6.07) is 10.9. The second-order valence-electron chi connectivity index (χ2n) is 7.05. The lowest BCUT2D eigenvalue weighted by Gasteiger charge is -2.35. The largest absolute Gasteiger partial charge is 0.484 e. The molecule has 1 aliphatic heterocycles. The van der Waals surface area contributed by atoms with Gasteiger partial charge in [-0.1, -0.05) is 0 Å². The van der Waals surface area contributed by atoms with Crippen LogP contribution in [0.4, 0.5) is 5.69 Å². The number of nitrogens with zero attached hydrogens (tertiary/aromatic N) is 3. The Morgan fingerprint density at radius 2 is 1.73 bits per heavy atom. The maximum Gasteiger partial charge on any atom is 0.258 e. The molecule has 3 rings (SSSR count). The molecule has 0 unspecified atom stereocenters. The molecule has 0 bridgehead atoms. The predicted molar refractivity (Wildman–Crippen MR) is 114 cm³/mol. The van der Waals surface area contributed by atoms with Crippen LogP contribution in [-0.4, -0.2) is 81.2 Å². The fourth-order valence-corrected chi connectivity index (χ4v) is 3.24. The molecule has 2 heterocycles. The van der Waals surface area contributed by atoms with Crippen LogP contribution in [0, 0.1) is 0 Å². The third-order valence-corrected chi connectivity index (χ3v) is 4.94. The summed E-state index contributed by atoms with van der Waals surface area (Å²) in [6.45, 7) is 4.68. The molecule has 8 heteroatoms. The van der Waals surface area contributed by atoms with Crippen molar-refractivity contribution in [1.29, 1.82) is 0 Å². The molecular weight excluding hydrogens is 384 g/mol. The van der Waals surface area contributed by atoms with Crippen molar-refractivity contribution in [3.05, 3.63) is 54.4 Å². The normalized spacial score (nSPS) is 14.4. The van der Waals surface area contributed by atoms with Crippen molar-refractivity contribution in [2.24, 2.45) is 0 Å². The van der Waals surface area contributed by atoms with Crippen LogP contribution in [0.1, 0.15) is 10.4 Å². The number of hydrogen-bond acceptors (Lipinski definition) is 7. The number of anilines is 1. The summed E-state index contributed by atoms with van der Waals surface area (Å²) < 4.78 is 10.3. The number of hydrogen-bond donors (Lipinski definition) is 1. The van der Waals surface area contributed by atoms with Crippen LogP contribution >= 0.6 is 0 Å². The molecule has 0 radical (unpaired) electrons. The van der Waals surface area contributed by atoms with E-state index in [0.717, 1.165) is 26.2 Å². The highest BCUT2D eigenvalue weighted by Crippen LogP contribution is 2.16. The SMILES string of the molecule is COCCNC(=O)COc1ccc(C(=O)CN2CCN(c3ccncc3)CC2)cc1. The number of benzene rings is 1. The number of pyridine rings is 1. The van der Waals surface area contributed by atoms with Crippen molar-refractivity contribution < 1.29 is 19.1 Å². The Labute approximate surface area is 176 Å². The van der Waals surface area contributed by atoms with E-state index in [1.165, 1.54) is 5.69 Å². The Morgan fingerprint density at radius 3 is 2.40 bits per heavy atom. The van der Waals surface area contributed by atoms with Gasteiger partial charge in [0.25, 0.3) is 5.91 Å². The quantitative estimate of drug-likeness (QED) is 0.464. The number of amides is 1. The third-order valence-electron chi connectivity index (χ3n) is 4.94. The molecule has 2 aromatic rings. The molecule has 1 aliphatic rings. The number of methoxy groups -OCH3 is 1. The monoisotopic (exact) mass is 412 g/mol. The second-order valence-corrected chi connectivity index (χ2v) is 7.05. The molecule has 1 N–H and O–H groups in total. The maximum atomic E-state index is 12.6. The summed E-state index contributed by atoms with van der Waals surface area (Å²) in [5.41, 5.74) is 1.81. The van der Waals surface area contributed by atoms with Gasteiger partial charge in [-0.2, -0.15) is 0 Å². The van der Waals surface area contributed by atoms with Gasteiger partial charge in [-0.15, -0.1) is 0 Å². The van der Waals surface area contributed by atoms with Crippen LogP contribution in [-0.2, 0) is 9.53 Å². The summed E-state index contributed by atoms with van der Waals surface area (Å²) in [6.07, 6.45) is 3.60. The lowest BCUT2D eigenvalue weighted by molar-refractivity contribution is -0.123. The van der Waals surface area contributed by atoms with Crippen LogP contribution in [0.25, 0.3) is 0 Å². The van der Waals surface area contributed by atoms with Gasteiger partial charge in [-0.25, -0.2) is 0 Å². The predicted octanol–water partition coefficient (Wildman–Crippen LogP) is 1.23. The molecule has 1 fully saturated rings. The molecule has 1 aromatic carbocycles. The van der Waals surface area contributed by atoms with Gasteiger partial charge >= 0.3 is 0 Å². The smallest absolute Gasteiger partial charge is 0.258 e. The van der Waals surface area contributed by atoms with Crippen molar-refractivity contribution >= 4 is 17.4 Å². The van der Waals surface area contributed by atoms with Gasteiger partial charge in [-0.3, -0.25) is 19.5 Å². The Balaban J connectivity index is 1.41. The standard InChI is InChI=1S/C22H28N4O4/c1-29-15-10-24-22(28)17-30-20-4-2-18(3-5-20)21(27)16-25-11-13-26(14-12-25)19-6-8-23-9-7-19/h2-9H,10-17H2,1H3,(H,24,28). The molecule has 0 saturated carbocycles. The van der Waals surface area contributed by atoms with Crippen LogP contribution in [0.5, 0.6) is 5.75 Å². The number of carbonyl (C=O) groups excluding carboxylic acids is 2. The van der Waals surface area contributed by atoms with E-state index in [4.69, 9.17) is 9.47 Å². The number of piperazine rings is 1. The van der Waals surface area contributed by atoms with Crippen LogP contribution < -0.4 is 15.0 Å². The van der Waals surface area contributed by atoms with E-state index in [9.17, 15) is 9.59 Å². The zero-order chi connectivity index (χ0) is 21.2. The van der Waals surface area contributed by atoms with E-state index in [-0.39, 0.29) is 18.3 Å². The first-order valence-corrected chi connectivity index (χ1v) is 10.0. The minimum Gasteiger partial charge on any atom is -0.484 e. The number of ether oxygens (including phenoxy) is 2. The minimum absolute atomic E-state index is 0.0707. The van der Waals surface area contributed by atoms with E-state index in [1.807, 2.05) is 12.1 Å². The van der Waals surface area contributed by atoms with E-state index in [2.05, 4.69) is 20.1 Å². The number of ketones is 1. The van der Waals surface area contributed by atoms with Gasteiger partial charge in [0.1, 0.15) is 5.75 Å². The van der Waals surface area contributed by atoms with Gasteiger partial charge in [0.2, 0.25) is 0 Å². The molecule has 30 heavy (non-hydrogen) atoms. The Morgan fingerprint density at radius 1 is 1.03 bits per heavy atom. The number of aromatic nitrogens is 1. The van der Waals surface area contributed by atoms with Crippen LogP contribution in [0.2, 0.25) is 0 Å². The van der Waals surface area contributed by atoms with Crippen molar-refractivity contribution in [2.75, 3.05) is 64.5 Å². The van der Waals surface area contributed by atoms with Gasteiger partial charge in [0, 0.05) is 63.5 Å². The Kier molecular flexibility index (Phi) is 8.17. The molecule has 8 nitrogen and oxygen atoms in total. The van der Waals surface area contributed by atoms with Crippen molar-refractivity contribution in [3.63, 3.8) is 0 Å². The zero-order valence-electron chi connectivity index (χ0n) is 17.3. The minimum atomic E-state index is -0.210. The maximum absolute atomic E-state index is 12.6. The van der Waals surface area contributed by atoms with Crippen LogP contribution in [0.15, 0.2) is 48.8 Å². The Hall–Kier alpha value is -2.97. The first-order valence-electron chi connectivity index (χ1n) is 10.0. The Bertz CT molecular complexity index is 806. The molecule has 0 spiro atoms. The number of Topliss-reactive ketones (excluding diaryl/α,β-unsaturated/α-hetero) is 1. The first kappa shape index (κ1) is 21.7. The van der Waals surface area contributed by atoms with E-state index in [0.29, 0.717) is 31.0 Å². The van der Waals surface area contributed by atoms with E-state index in [1.54, 1.807) is 43.8 Å². The number of nitrogens with one attached hydrogen (secondary N) is 1. The number of rotatable bonds is 10. The summed E-state index contributed by atoms with van der Waals surface area (Å²) in [4.78, 5) is 32.8. The molecule has 1 aromatic heterocycles. The fraction of sp³-hybridized carbons (Fsp3) is 0.409. The van der Waals surface area contributed by atoms with Gasteiger partial charge in [0.05, 0.1) is 13.2 Å². The zero-order valence-corrected chi connectivity index (χ0v) is 17.3. The molecule has 0 aliphatic carbocycles. The van der Waals surface area contributed by atoms with Crippen molar-refractivity contribution in [3.8, 4) is 5.75 Å². The highest BCUT2D eigenvalue weighted by molar-refractivity contribution is 5.97. The van der Waals surface area contributed by atoms with Crippen LogP contribution in [0.3, 0.4) is 0 Å². The summed E-state index contributed by atoms with van der Waals surface area (Å²) in [5, 5.41) is 2.69. The van der Waals surface area contributed by atoms with E-state index < -0.39 is 0 Å². The fourth-order valence-electron chi connectivity index (χ4n) is 3.24. The molecule has 1 amide bonds. The topological polar surface area (TPSA) is 84.0 Å². The third kappa shape index (κ3) is 6.53. The molecular formula is C22H28N4O4. The highest BCUT2D eigenvalue weighted by Gasteiger charge is 2.19. The summed E-state index contributed by atoms with van der Waals surface area (Å²) in [5.74, 6) is 0.425. The molecule has 160 valence electrons. The van der Waals surface area contributed by atoms with Crippen molar-refractivity contribution in [2.45, 2.75) is 0 Å². The van der Waals surface area contributed by atoms with Crippen molar-refractivity contribution in [1.82, 2.24) is 15.2 Å². The van der Waals surface area contributed by atoms with Gasteiger partial charge < -0.3 is 19.7 Å². The summed E-state index contributed by atoms with van der Waals surface area (Å²) in [7, 11) is 1.58. The lowest BCUT2D eigenvalue weighted by atomic mass is 10.1. The van der Waals surface area contributed by atoms with Gasteiger partial charge in [-0.05, 0) is 36.4 Å². The molecule has 1 saturated heterocycles. The summed E-state index contributed by atoms with van der Waals surface area (Å²) >= 11 is 0. The lowest BCUT2D eigenvalue weighted by Crippen LogP contribution is -2.48. The average molecular weight is 412 g/mol. The van der Waals surface area contributed by atoms with E-state index >= 15 is 0 Å². The average Bonchev–Trinajstić information content (AvgIpc) is 2.79. The first-order chi connectivity index (χ1) is 14.7. The van der Waals surface area contributed by atoms with Gasteiger partial charge in [0.15, 0.2) is 12.4 Å². The molecule has 0 atom stereocenters. The highest BCUT2D eigenvalue weighted by atomic mass is 16.5.